The molecule has 0 amide bonds. The Balaban J connectivity index is -0.000000238. The van der Waals surface area contributed by atoms with Crippen LogP contribution in [0.1, 0.15) is 228 Å². The molecule has 1 atom stereocenters. The zero-order chi connectivity index (χ0) is 41.7. The van der Waals surface area contributed by atoms with Crippen LogP contribution in [0.2, 0.25) is 0 Å². The molecule has 0 aliphatic rings. The molecule has 0 heterocycles. The minimum Gasteiger partial charge on any atom is -0.295 e. The first-order chi connectivity index (χ1) is 25.2. The molecule has 0 bridgehead atoms. The minimum atomic E-state index is -4.59. The van der Waals surface area contributed by atoms with Gasteiger partial charge in [0.25, 0.3) is 0 Å². The number of hydrogen-bond acceptors (Lipinski definition) is 3. The SMILES string of the molecule is C.CC.CCCC#N.CCCCC#N.CCCCCCCCCCC(C)CC.CCCCc1ccc(C)c(/C(C)=C(\C)CC)c1/C(=C\C(C)=O)C(F)(F)F. The molecule has 1 unspecified atom stereocenters. The van der Waals surface area contributed by atoms with E-state index in [2.05, 4.69) is 33.8 Å². The van der Waals surface area contributed by atoms with E-state index < -0.39 is 17.5 Å². The van der Waals surface area contributed by atoms with Gasteiger partial charge in [0.15, 0.2) is 5.78 Å². The van der Waals surface area contributed by atoms with E-state index in [9.17, 15) is 18.0 Å². The van der Waals surface area contributed by atoms with Gasteiger partial charge < -0.3 is 0 Å². The summed E-state index contributed by atoms with van der Waals surface area (Å²) in [5, 5.41) is 15.8. The van der Waals surface area contributed by atoms with Gasteiger partial charge in [-0.2, -0.15) is 23.7 Å². The van der Waals surface area contributed by atoms with Crippen LogP contribution in [-0.4, -0.2) is 12.0 Å². The number of alkyl halides is 3. The summed E-state index contributed by atoms with van der Waals surface area (Å²) in [5.41, 5.74) is 3.31. The number of halogens is 3. The van der Waals surface area contributed by atoms with Gasteiger partial charge in [-0.3, -0.25) is 4.79 Å². The minimum absolute atomic E-state index is 0. The fraction of sp³-hybridized carbons (Fsp3) is 0.729. The van der Waals surface area contributed by atoms with Gasteiger partial charge in [0.2, 0.25) is 0 Å². The van der Waals surface area contributed by atoms with Gasteiger partial charge in [-0.05, 0) is 99.6 Å². The van der Waals surface area contributed by atoms with E-state index in [0.717, 1.165) is 80.6 Å². The molecule has 0 aliphatic carbocycles. The second kappa shape index (κ2) is 41.3. The number of nitriles is 2. The predicted octanol–water partition coefficient (Wildman–Crippen LogP) is 17.3. The molecule has 0 N–H and O–H groups in total. The number of aryl methyl sites for hydroxylation is 2. The Kier molecular flexibility index (Phi) is 46.2. The lowest BCUT2D eigenvalue weighted by Crippen LogP contribution is -2.16. The standard InChI is InChI=1S/C22H29F3O.C14H30.C5H9N.C4H7N.C2H6.CH4/c1-7-9-10-18-12-11-15(4)20(17(6)14(3)8-2)21(18)19(13-16(5)26)22(23,24)25;1-4-6-7-8-9-10-11-12-13-14(3)5-2;1-2-3-4-5-6;1-2-3-4-5;1-2;/h11-13H,7-10H2,1-6H3;14H,4-13H2,1-3H3;2-4H2,1H3;2-3H2,1H3;1-2H3;1H4/b17-14+,19-13+;;;;;. The number of allylic oxidation sites excluding steroid dienone is 4. The fourth-order valence-electron chi connectivity index (χ4n) is 5.29. The van der Waals surface area contributed by atoms with Crippen molar-refractivity contribution < 1.29 is 18.0 Å². The summed E-state index contributed by atoms with van der Waals surface area (Å²) in [5.74, 6) is 0.357. The molecule has 1 aromatic carbocycles. The summed E-state index contributed by atoms with van der Waals surface area (Å²) < 4.78 is 41.7. The maximum absolute atomic E-state index is 13.9. The monoisotopic (exact) mass is 763 g/mol. The average molecular weight is 763 g/mol. The second-order valence-electron chi connectivity index (χ2n) is 13.8. The van der Waals surface area contributed by atoms with E-state index in [1.54, 1.807) is 6.07 Å². The third-order valence-corrected chi connectivity index (χ3v) is 9.02. The lowest BCUT2D eigenvalue weighted by Gasteiger charge is -2.23. The normalized spacial score (nSPS) is 11.5. The number of hydrogen-bond donors (Lipinski definition) is 0. The van der Waals surface area contributed by atoms with Crippen LogP contribution in [0, 0.1) is 35.5 Å². The topological polar surface area (TPSA) is 64.7 Å². The Bertz CT molecular complexity index is 1180. The molecule has 0 aliphatic heterocycles. The summed E-state index contributed by atoms with van der Waals surface area (Å²) in [6.07, 6.45) is 18.2. The number of ketones is 1. The van der Waals surface area contributed by atoms with Crippen molar-refractivity contribution in [2.45, 2.75) is 226 Å². The number of unbranched alkanes of at least 4 members (excludes halogenated alkanes) is 11. The van der Waals surface area contributed by atoms with Crippen LogP contribution < -0.4 is 0 Å². The van der Waals surface area contributed by atoms with E-state index in [0.29, 0.717) is 24.0 Å². The number of carbonyl (C=O) groups excluding carboxylic acids is 1. The van der Waals surface area contributed by atoms with Crippen LogP contribution in [0.5, 0.6) is 0 Å². The van der Waals surface area contributed by atoms with Crippen LogP contribution in [0.3, 0.4) is 0 Å². The first-order valence-corrected chi connectivity index (χ1v) is 21.0. The molecule has 1 aromatic rings. The van der Waals surface area contributed by atoms with Gasteiger partial charge in [-0.25, -0.2) is 0 Å². The van der Waals surface area contributed by atoms with E-state index in [1.807, 2.05) is 67.5 Å². The smallest absolute Gasteiger partial charge is 0.295 e. The van der Waals surface area contributed by atoms with Gasteiger partial charge in [0.05, 0.1) is 17.7 Å². The lowest BCUT2D eigenvalue weighted by atomic mass is 9.83. The summed E-state index contributed by atoms with van der Waals surface area (Å²) in [4.78, 5) is 11.6. The highest BCUT2D eigenvalue weighted by Crippen LogP contribution is 2.41. The molecule has 54 heavy (non-hydrogen) atoms. The molecule has 0 saturated carbocycles. The van der Waals surface area contributed by atoms with Gasteiger partial charge in [-0.1, -0.05) is 164 Å². The number of benzene rings is 1. The molecule has 1 rings (SSSR count). The number of rotatable bonds is 20. The van der Waals surface area contributed by atoms with Crippen molar-refractivity contribution in [3.63, 3.8) is 0 Å². The summed E-state index contributed by atoms with van der Waals surface area (Å²) in [6.45, 7) is 25.8. The van der Waals surface area contributed by atoms with Crippen LogP contribution in [0.4, 0.5) is 13.2 Å². The molecule has 0 fully saturated rings. The Hall–Kier alpha value is -2.86. The molecule has 0 aromatic heterocycles. The van der Waals surface area contributed by atoms with E-state index >= 15 is 0 Å². The quantitative estimate of drug-likeness (QED) is 0.0981. The molecular weight excluding hydrogens is 678 g/mol. The highest BCUT2D eigenvalue weighted by atomic mass is 19.4. The molecule has 0 radical (unpaired) electrons. The third kappa shape index (κ3) is 32.6. The van der Waals surface area contributed by atoms with E-state index in [4.69, 9.17) is 10.5 Å². The zero-order valence-electron chi connectivity index (χ0n) is 36.7. The second-order valence-corrected chi connectivity index (χ2v) is 13.8. The Morgan fingerprint density at radius 2 is 1.24 bits per heavy atom. The van der Waals surface area contributed by atoms with Gasteiger partial charge in [0.1, 0.15) is 0 Å². The summed E-state index contributed by atoms with van der Waals surface area (Å²) in [6, 6.07) is 7.75. The Morgan fingerprint density at radius 3 is 1.61 bits per heavy atom. The van der Waals surface area contributed by atoms with Crippen LogP contribution in [-0.2, 0) is 11.2 Å². The lowest BCUT2D eigenvalue weighted by molar-refractivity contribution is -0.113. The number of nitrogens with zero attached hydrogens (tertiary/aromatic N) is 2. The van der Waals surface area contributed by atoms with Crippen molar-refractivity contribution in [3.8, 4) is 12.1 Å². The maximum Gasteiger partial charge on any atom is 0.417 e. The van der Waals surface area contributed by atoms with Gasteiger partial charge >= 0.3 is 6.18 Å². The van der Waals surface area contributed by atoms with Crippen LogP contribution in [0.15, 0.2) is 23.8 Å². The largest absolute Gasteiger partial charge is 0.417 e. The van der Waals surface area contributed by atoms with Crippen LogP contribution in [0.25, 0.3) is 11.1 Å². The highest BCUT2D eigenvalue weighted by molar-refractivity contribution is 5.98. The Morgan fingerprint density at radius 1 is 0.741 bits per heavy atom. The molecule has 314 valence electrons. The molecule has 3 nitrogen and oxygen atoms in total. The first-order valence-electron chi connectivity index (χ1n) is 21.0. The maximum atomic E-state index is 13.9. The number of carbonyl (C=O) groups is 1. The Labute approximate surface area is 334 Å². The van der Waals surface area contributed by atoms with Gasteiger partial charge in [-0.15, -0.1) is 0 Å². The van der Waals surface area contributed by atoms with E-state index in [1.165, 1.54) is 64.2 Å². The first kappa shape index (κ1) is 60.4. The fourth-order valence-corrected chi connectivity index (χ4v) is 5.29. The van der Waals surface area contributed by atoms with Gasteiger partial charge in [0, 0.05) is 12.8 Å². The zero-order valence-corrected chi connectivity index (χ0v) is 36.7. The van der Waals surface area contributed by atoms with Crippen molar-refractivity contribution in [1.29, 1.82) is 10.5 Å². The predicted molar refractivity (Wildman–Crippen MR) is 233 cm³/mol. The van der Waals surface area contributed by atoms with Crippen LogP contribution >= 0.6 is 0 Å². The average Bonchev–Trinajstić information content (AvgIpc) is 3.14. The van der Waals surface area contributed by atoms with Crippen molar-refractivity contribution in [2.75, 3.05) is 0 Å². The van der Waals surface area contributed by atoms with Crippen molar-refractivity contribution in [2.24, 2.45) is 5.92 Å². The van der Waals surface area contributed by atoms with Crippen molar-refractivity contribution in [3.05, 3.63) is 46.0 Å². The summed E-state index contributed by atoms with van der Waals surface area (Å²) in [7, 11) is 0. The highest BCUT2D eigenvalue weighted by Gasteiger charge is 2.38. The third-order valence-electron chi connectivity index (χ3n) is 9.02. The molecule has 0 spiro atoms. The molecule has 0 saturated heterocycles. The molecular formula is C48H85F3N2O. The summed E-state index contributed by atoms with van der Waals surface area (Å²) >= 11 is 0. The van der Waals surface area contributed by atoms with Crippen molar-refractivity contribution >= 4 is 16.9 Å². The molecule has 6 heteroatoms. The van der Waals surface area contributed by atoms with E-state index in [-0.39, 0.29) is 13.0 Å². The van der Waals surface area contributed by atoms with Crippen molar-refractivity contribution in [1.82, 2.24) is 0 Å².